The number of nitrogens with zero attached hydrogens (tertiary/aromatic N) is 3. The lowest BCUT2D eigenvalue weighted by Gasteiger charge is -2.06. The molecular weight excluding hydrogens is 262 g/mol. The van der Waals surface area contributed by atoms with Crippen LogP contribution < -0.4 is 10.7 Å². The van der Waals surface area contributed by atoms with Gasteiger partial charge in [0.25, 0.3) is 0 Å². The van der Waals surface area contributed by atoms with Crippen LogP contribution in [0.3, 0.4) is 0 Å². The van der Waals surface area contributed by atoms with E-state index in [2.05, 4.69) is 15.2 Å². The molecule has 0 atom stereocenters. The minimum atomic E-state index is 0.0299. The van der Waals surface area contributed by atoms with Crippen LogP contribution in [0.5, 0.6) is 0 Å². The van der Waals surface area contributed by atoms with E-state index >= 15 is 0 Å². The van der Waals surface area contributed by atoms with Crippen LogP contribution in [0.4, 0.5) is 0 Å². The molecule has 92 valence electrons. The van der Waals surface area contributed by atoms with E-state index in [-0.39, 0.29) is 12.2 Å². The molecule has 0 spiro atoms. The quantitative estimate of drug-likeness (QED) is 0.693. The third kappa shape index (κ3) is 1.47. The molecule has 0 aromatic heterocycles. The molecule has 0 N–H and O–H groups in total. The Bertz CT molecular complexity index is 946. The Balaban J connectivity index is 2.36. The molecule has 2 heterocycles. The summed E-state index contributed by atoms with van der Waals surface area (Å²) in [7, 11) is 0. The van der Waals surface area contributed by atoms with Crippen LogP contribution in [-0.2, 0) is 11.2 Å². The van der Waals surface area contributed by atoms with Gasteiger partial charge in [0.15, 0.2) is 5.78 Å². The largest absolute Gasteiger partial charge is 0.294 e. The second-order valence-corrected chi connectivity index (χ2v) is 4.97. The highest BCUT2D eigenvalue weighted by atomic mass is 35.5. The van der Waals surface area contributed by atoms with Crippen molar-refractivity contribution < 1.29 is 4.79 Å². The number of hydrogen-bond acceptors (Lipinski definition) is 4. The molecule has 4 nitrogen and oxygen atoms in total. The lowest BCUT2D eigenvalue weighted by molar-refractivity contribution is -0.114. The smallest absolute Gasteiger partial charge is 0.160 e. The normalized spacial score (nSPS) is 15.9. The van der Waals surface area contributed by atoms with Crippen LogP contribution >= 0.6 is 11.6 Å². The third-order valence-electron chi connectivity index (χ3n) is 3.46. The molecule has 0 amide bonds. The molecule has 4 rings (SSSR count). The molecule has 0 unspecified atom stereocenters. The van der Waals surface area contributed by atoms with Gasteiger partial charge in [0.1, 0.15) is 10.5 Å². The molecule has 0 radical (unpaired) electrons. The zero-order valence-electron chi connectivity index (χ0n) is 9.85. The van der Waals surface area contributed by atoms with Crippen molar-refractivity contribution in [1.29, 1.82) is 0 Å². The molecule has 0 aromatic rings. The van der Waals surface area contributed by atoms with Crippen LogP contribution in [0.25, 0.3) is 18.2 Å². The lowest BCUT2D eigenvalue weighted by atomic mass is 9.99. The molecule has 19 heavy (non-hydrogen) atoms. The van der Waals surface area contributed by atoms with Crippen molar-refractivity contribution in [2.45, 2.75) is 12.8 Å². The number of carbonyl (C=O) groups excluding carboxylic acids is 1. The summed E-state index contributed by atoms with van der Waals surface area (Å²) in [5.74, 6) is 0.0299. The van der Waals surface area contributed by atoms with Gasteiger partial charge in [-0.25, -0.2) is 4.98 Å². The Labute approximate surface area is 112 Å². The minimum absolute atomic E-state index is 0.0299. The van der Waals surface area contributed by atoms with Gasteiger partial charge in [0, 0.05) is 17.5 Å². The first-order valence-electron chi connectivity index (χ1n) is 6.00. The number of hydrogen-bond donors (Lipinski definition) is 0. The molecule has 2 aliphatic heterocycles. The maximum absolute atomic E-state index is 11.6. The predicted octanol–water partition coefficient (Wildman–Crippen LogP) is 0.353. The molecule has 0 saturated carbocycles. The fraction of sp³-hybridized carbons (Fsp3) is 0.143. The SMILES string of the molecule is O=C1C=Cc2c(c(Cl)nc3c4c(nnc2=4)=CCC=3)C1. The first-order chi connectivity index (χ1) is 9.24. The van der Waals surface area contributed by atoms with Crippen molar-refractivity contribution in [2.75, 3.05) is 0 Å². The van der Waals surface area contributed by atoms with Crippen LogP contribution in [0.2, 0.25) is 5.15 Å². The molecular formula is C14H8ClN3O. The zero-order chi connectivity index (χ0) is 13.0. The van der Waals surface area contributed by atoms with E-state index in [1.807, 2.05) is 12.2 Å². The van der Waals surface area contributed by atoms with Gasteiger partial charge in [-0.15, -0.1) is 5.10 Å². The fourth-order valence-electron chi connectivity index (χ4n) is 2.58. The average molecular weight is 270 g/mol. The van der Waals surface area contributed by atoms with E-state index in [1.165, 1.54) is 0 Å². The van der Waals surface area contributed by atoms with Crippen molar-refractivity contribution in [2.24, 2.45) is 0 Å². The zero-order valence-corrected chi connectivity index (χ0v) is 10.6. The maximum atomic E-state index is 11.6. The van der Waals surface area contributed by atoms with Gasteiger partial charge in [-0.05, 0) is 18.6 Å². The third-order valence-corrected chi connectivity index (χ3v) is 3.78. The van der Waals surface area contributed by atoms with Crippen molar-refractivity contribution in [3.63, 3.8) is 0 Å². The van der Waals surface area contributed by atoms with E-state index in [9.17, 15) is 4.79 Å². The summed E-state index contributed by atoms with van der Waals surface area (Å²) < 4.78 is 0. The summed E-state index contributed by atoms with van der Waals surface area (Å²) in [6, 6.07) is 0. The lowest BCUT2D eigenvalue weighted by Crippen LogP contribution is -2.19. The van der Waals surface area contributed by atoms with Gasteiger partial charge in [-0.2, -0.15) is 5.10 Å². The summed E-state index contributed by atoms with van der Waals surface area (Å²) in [5, 5.41) is 12.2. The summed E-state index contributed by atoms with van der Waals surface area (Å²) in [6.45, 7) is 0. The molecule has 2 aliphatic carbocycles. The predicted molar refractivity (Wildman–Crippen MR) is 70.7 cm³/mol. The molecule has 0 bridgehead atoms. The number of ketones is 1. The number of aromatic nitrogens is 3. The number of rotatable bonds is 0. The second kappa shape index (κ2) is 3.71. The van der Waals surface area contributed by atoms with Gasteiger partial charge in [0.2, 0.25) is 0 Å². The standard InChI is InChI=1S/C14H8ClN3O/c15-14-9-6-7(19)4-5-8(9)13-12-10(16-14)2-1-3-11(12)17-18-13/h2-5H,1,6H2. The van der Waals surface area contributed by atoms with Gasteiger partial charge in [-0.1, -0.05) is 23.8 Å². The van der Waals surface area contributed by atoms with Gasteiger partial charge >= 0.3 is 0 Å². The molecule has 5 heteroatoms. The van der Waals surface area contributed by atoms with E-state index in [1.54, 1.807) is 12.2 Å². The van der Waals surface area contributed by atoms with Gasteiger partial charge in [-0.3, -0.25) is 4.79 Å². The van der Waals surface area contributed by atoms with Crippen molar-refractivity contribution in [1.82, 2.24) is 15.2 Å². The van der Waals surface area contributed by atoms with E-state index in [4.69, 9.17) is 11.6 Å². The van der Waals surface area contributed by atoms with E-state index in [0.717, 1.165) is 38.8 Å². The minimum Gasteiger partial charge on any atom is -0.294 e. The topological polar surface area (TPSA) is 55.7 Å². The van der Waals surface area contributed by atoms with Crippen LogP contribution in [0, 0.1) is 10.6 Å². The molecule has 0 fully saturated rings. The Morgan fingerprint density at radius 1 is 1.11 bits per heavy atom. The van der Waals surface area contributed by atoms with E-state index in [0.29, 0.717) is 5.15 Å². The van der Waals surface area contributed by atoms with Crippen LogP contribution in [-0.4, -0.2) is 21.0 Å². The Morgan fingerprint density at radius 2 is 1.95 bits per heavy atom. The highest BCUT2D eigenvalue weighted by molar-refractivity contribution is 6.30. The number of fused-ring (bicyclic) bond motifs is 2. The van der Waals surface area contributed by atoms with Crippen molar-refractivity contribution in [3.8, 4) is 0 Å². The van der Waals surface area contributed by atoms with Gasteiger partial charge < -0.3 is 0 Å². The molecule has 0 saturated heterocycles. The summed E-state index contributed by atoms with van der Waals surface area (Å²) in [6.07, 6.45) is 8.39. The fourth-order valence-corrected chi connectivity index (χ4v) is 2.84. The van der Waals surface area contributed by atoms with Crippen LogP contribution in [0.1, 0.15) is 17.5 Å². The first kappa shape index (κ1) is 10.8. The van der Waals surface area contributed by atoms with Crippen LogP contribution in [0.15, 0.2) is 6.08 Å². The Morgan fingerprint density at radius 3 is 2.84 bits per heavy atom. The van der Waals surface area contributed by atoms with Gasteiger partial charge in [0.05, 0.1) is 15.9 Å². The monoisotopic (exact) mass is 269 g/mol. The number of allylic oxidation sites excluding steroid dienone is 1. The summed E-state index contributed by atoms with van der Waals surface area (Å²) in [4.78, 5) is 16.0. The molecule has 0 aromatic carbocycles. The first-order valence-corrected chi connectivity index (χ1v) is 6.38. The number of halogens is 1. The second-order valence-electron chi connectivity index (χ2n) is 4.61. The number of carbonyl (C=O) groups is 1. The summed E-state index contributed by atoms with van der Waals surface area (Å²) in [5.41, 5.74) is 1.60. The highest BCUT2D eigenvalue weighted by Crippen LogP contribution is 2.22. The Hall–Kier alpha value is -2.07. The van der Waals surface area contributed by atoms with Crippen molar-refractivity contribution >= 4 is 35.6 Å². The summed E-state index contributed by atoms with van der Waals surface area (Å²) >= 11 is 6.26. The van der Waals surface area contributed by atoms with Crippen molar-refractivity contribution in [3.05, 3.63) is 43.6 Å². The maximum Gasteiger partial charge on any atom is 0.160 e. The highest BCUT2D eigenvalue weighted by Gasteiger charge is 2.18. The molecule has 4 aliphatic rings. The van der Waals surface area contributed by atoms with E-state index < -0.39 is 0 Å². The average Bonchev–Trinajstić information content (AvgIpc) is 2.78. The Kier molecular flexibility index (Phi) is 2.11.